The summed E-state index contributed by atoms with van der Waals surface area (Å²) in [6, 6.07) is 15.0. The molecule has 0 unspecified atom stereocenters. The number of aromatic hydroxyl groups is 1. The number of ether oxygens (including phenoxy) is 1. The van der Waals surface area contributed by atoms with Crippen LogP contribution in [0.15, 0.2) is 63.8 Å². The smallest absolute Gasteiger partial charge is 0.266 e. The molecule has 4 rings (SSSR count). The van der Waals surface area contributed by atoms with E-state index >= 15 is 0 Å². The van der Waals surface area contributed by atoms with Gasteiger partial charge in [-0.15, -0.1) is 11.3 Å². The van der Waals surface area contributed by atoms with E-state index in [0.717, 1.165) is 16.8 Å². The number of amides is 1. The highest BCUT2D eigenvalue weighted by Gasteiger charge is 2.32. The van der Waals surface area contributed by atoms with Crippen molar-refractivity contribution in [2.45, 2.75) is 13.8 Å². The quantitative estimate of drug-likeness (QED) is 0.498. The van der Waals surface area contributed by atoms with Crippen molar-refractivity contribution < 1.29 is 14.6 Å². The first-order chi connectivity index (χ1) is 15.1. The lowest BCUT2D eigenvalue weighted by atomic mass is 10.2. The van der Waals surface area contributed by atoms with Gasteiger partial charge in [0.25, 0.3) is 5.91 Å². The number of carbonyl (C=O) groups is 1. The molecular weight excluding hydrogens is 430 g/mol. The van der Waals surface area contributed by atoms with Crippen LogP contribution in [-0.4, -0.2) is 39.2 Å². The van der Waals surface area contributed by atoms with Crippen molar-refractivity contribution in [3.8, 4) is 22.8 Å². The van der Waals surface area contributed by atoms with E-state index in [4.69, 9.17) is 4.74 Å². The third-order valence-corrected chi connectivity index (χ3v) is 6.28. The summed E-state index contributed by atoms with van der Waals surface area (Å²) in [5.74, 6) is 0.367. The first-order valence-corrected chi connectivity index (χ1v) is 11.6. The number of thioether (sulfide) groups is 1. The number of likely N-dealkylation sites (N-methyl/N-ethyl adjacent to an activating group) is 1. The predicted octanol–water partition coefficient (Wildman–Crippen LogP) is 5.54. The second-order valence-electron chi connectivity index (χ2n) is 6.60. The molecule has 0 radical (unpaired) electrons. The first kappa shape index (κ1) is 21.1. The maximum atomic E-state index is 12.9. The van der Waals surface area contributed by atoms with E-state index in [-0.39, 0.29) is 11.7 Å². The predicted molar refractivity (Wildman–Crippen MR) is 127 cm³/mol. The molecule has 3 aromatic rings. The van der Waals surface area contributed by atoms with Crippen molar-refractivity contribution in [2.24, 2.45) is 4.99 Å². The lowest BCUT2D eigenvalue weighted by Gasteiger charge is -2.11. The molecule has 6 nitrogen and oxygen atoms in total. The van der Waals surface area contributed by atoms with Crippen molar-refractivity contribution in [2.75, 3.05) is 13.2 Å². The molecule has 0 bridgehead atoms. The number of aliphatic imine (C=N–C) groups is 1. The Hall–Kier alpha value is -3.10. The number of hydrogen-bond acceptors (Lipinski definition) is 7. The van der Waals surface area contributed by atoms with Crippen LogP contribution in [0.5, 0.6) is 11.5 Å². The topological polar surface area (TPSA) is 75.0 Å². The molecule has 0 spiro atoms. The minimum atomic E-state index is -0.0999. The molecule has 2 heterocycles. The number of benzene rings is 2. The Morgan fingerprint density at radius 1 is 1.19 bits per heavy atom. The van der Waals surface area contributed by atoms with E-state index in [1.807, 2.05) is 49.6 Å². The van der Waals surface area contributed by atoms with Gasteiger partial charge in [0.15, 0.2) is 16.7 Å². The fourth-order valence-corrected chi connectivity index (χ4v) is 4.85. The fourth-order valence-electron chi connectivity index (χ4n) is 3.05. The SMILES string of the molecule is CCOc1cc(/C=C2\S/C(=N/c3nc(-c4ccccc4)cs3)N(CC)C2=O)ccc1O. The Labute approximate surface area is 188 Å². The number of nitrogens with zero attached hydrogens (tertiary/aromatic N) is 3. The summed E-state index contributed by atoms with van der Waals surface area (Å²) in [4.78, 5) is 24.4. The van der Waals surface area contributed by atoms with Crippen molar-refractivity contribution in [3.63, 3.8) is 0 Å². The second-order valence-corrected chi connectivity index (χ2v) is 8.44. The van der Waals surface area contributed by atoms with Crippen molar-refractivity contribution in [1.29, 1.82) is 0 Å². The molecule has 1 amide bonds. The van der Waals surface area contributed by atoms with E-state index in [0.29, 0.717) is 34.1 Å². The molecule has 8 heteroatoms. The standard InChI is InChI=1S/C23H21N3O3S2/c1-3-26-21(28)20(13-15-10-11-18(27)19(12-15)29-4-2)31-23(26)25-22-24-17(14-30-22)16-8-6-5-7-9-16/h5-14,27H,3-4H2,1-2H3/b20-13-,25-23+. The fraction of sp³-hybridized carbons (Fsp3) is 0.174. The number of amidine groups is 1. The maximum absolute atomic E-state index is 12.9. The van der Waals surface area contributed by atoms with Gasteiger partial charge in [0.1, 0.15) is 0 Å². The number of phenols is 1. The van der Waals surface area contributed by atoms with E-state index in [9.17, 15) is 9.90 Å². The van der Waals surface area contributed by atoms with Gasteiger partial charge in [-0.1, -0.05) is 36.4 Å². The summed E-state index contributed by atoms with van der Waals surface area (Å²) in [5, 5.41) is 13.1. The maximum Gasteiger partial charge on any atom is 0.266 e. The van der Waals surface area contributed by atoms with Crippen LogP contribution in [0.25, 0.3) is 17.3 Å². The number of thiazole rings is 1. The van der Waals surface area contributed by atoms with Crippen molar-refractivity contribution >= 4 is 45.4 Å². The van der Waals surface area contributed by atoms with Crippen LogP contribution in [-0.2, 0) is 4.79 Å². The van der Waals surface area contributed by atoms with Crippen LogP contribution in [0, 0.1) is 0 Å². The highest BCUT2D eigenvalue weighted by atomic mass is 32.2. The van der Waals surface area contributed by atoms with Gasteiger partial charge in [0, 0.05) is 17.5 Å². The van der Waals surface area contributed by atoms with Gasteiger partial charge >= 0.3 is 0 Å². The molecule has 0 aliphatic carbocycles. The Balaban J connectivity index is 1.61. The lowest BCUT2D eigenvalue weighted by Crippen LogP contribution is -2.28. The number of hydrogen-bond donors (Lipinski definition) is 1. The zero-order valence-corrected chi connectivity index (χ0v) is 18.7. The monoisotopic (exact) mass is 451 g/mol. The normalized spacial score (nSPS) is 16.5. The zero-order valence-electron chi connectivity index (χ0n) is 17.1. The van der Waals surface area contributed by atoms with Gasteiger partial charge < -0.3 is 9.84 Å². The van der Waals surface area contributed by atoms with E-state index in [1.165, 1.54) is 23.1 Å². The van der Waals surface area contributed by atoms with Crippen LogP contribution in [0.4, 0.5) is 5.13 Å². The van der Waals surface area contributed by atoms with Gasteiger partial charge in [-0.25, -0.2) is 4.98 Å². The van der Waals surface area contributed by atoms with E-state index in [1.54, 1.807) is 29.2 Å². The molecule has 0 atom stereocenters. The molecule has 0 saturated carbocycles. The molecule has 2 aromatic carbocycles. The summed E-state index contributed by atoms with van der Waals surface area (Å²) < 4.78 is 5.44. The van der Waals surface area contributed by atoms with Gasteiger partial charge in [0.05, 0.1) is 17.2 Å². The van der Waals surface area contributed by atoms with Crippen molar-refractivity contribution in [3.05, 3.63) is 64.4 Å². The largest absolute Gasteiger partial charge is 0.504 e. The Morgan fingerprint density at radius 2 is 2.00 bits per heavy atom. The highest BCUT2D eigenvalue weighted by Crippen LogP contribution is 2.36. The van der Waals surface area contributed by atoms with E-state index < -0.39 is 0 Å². The summed E-state index contributed by atoms with van der Waals surface area (Å²) in [5.41, 5.74) is 2.67. The van der Waals surface area contributed by atoms with Crippen LogP contribution in [0.1, 0.15) is 19.4 Å². The van der Waals surface area contributed by atoms with Gasteiger partial charge in [-0.2, -0.15) is 4.99 Å². The molecule has 31 heavy (non-hydrogen) atoms. The average molecular weight is 452 g/mol. The highest BCUT2D eigenvalue weighted by molar-refractivity contribution is 8.18. The number of aromatic nitrogens is 1. The average Bonchev–Trinajstić information content (AvgIpc) is 3.36. The lowest BCUT2D eigenvalue weighted by molar-refractivity contribution is -0.122. The third kappa shape index (κ3) is 4.65. The molecular formula is C23H21N3O3S2. The minimum absolute atomic E-state index is 0.0739. The van der Waals surface area contributed by atoms with Gasteiger partial charge in [-0.3, -0.25) is 9.69 Å². The van der Waals surface area contributed by atoms with Gasteiger partial charge in [0.2, 0.25) is 5.13 Å². The molecule has 1 aliphatic rings. The molecule has 1 aliphatic heterocycles. The Bertz CT molecular complexity index is 1160. The van der Waals surface area contributed by atoms with Crippen LogP contribution in [0.3, 0.4) is 0 Å². The Morgan fingerprint density at radius 3 is 2.74 bits per heavy atom. The Kier molecular flexibility index (Phi) is 6.39. The van der Waals surface area contributed by atoms with Crippen LogP contribution < -0.4 is 4.74 Å². The second kappa shape index (κ2) is 9.36. The number of carbonyl (C=O) groups excluding carboxylic acids is 1. The molecule has 1 saturated heterocycles. The number of phenolic OH excluding ortho intramolecular Hbond substituents is 1. The van der Waals surface area contributed by atoms with E-state index in [2.05, 4.69) is 9.98 Å². The summed E-state index contributed by atoms with van der Waals surface area (Å²) in [6.07, 6.45) is 1.79. The summed E-state index contributed by atoms with van der Waals surface area (Å²) >= 11 is 2.77. The van der Waals surface area contributed by atoms with Crippen LogP contribution in [0.2, 0.25) is 0 Å². The van der Waals surface area contributed by atoms with Gasteiger partial charge in [-0.05, 0) is 49.4 Å². The molecule has 1 fully saturated rings. The molecule has 1 aromatic heterocycles. The summed E-state index contributed by atoms with van der Waals surface area (Å²) in [7, 11) is 0. The molecule has 158 valence electrons. The summed E-state index contributed by atoms with van der Waals surface area (Å²) in [6.45, 7) is 4.73. The number of rotatable bonds is 6. The zero-order chi connectivity index (χ0) is 21.8. The van der Waals surface area contributed by atoms with Crippen LogP contribution >= 0.6 is 23.1 Å². The van der Waals surface area contributed by atoms with Crippen molar-refractivity contribution in [1.82, 2.24) is 9.88 Å². The third-order valence-electron chi connectivity index (χ3n) is 4.54. The minimum Gasteiger partial charge on any atom is -0.504 e. The first-order valence-electron chi connectivity index (χ1n) is 9.86. The molecule has 1 N–H and O–H groups in total.